The maximum absolute atomic E-state index is 8.10. The predicted molar refractivity (Wildman–Crippen MR) is 90.4 cm³/mol. The lowest BCUT2D eigenvalue weighted by Gasteiger charge is -2.06. The van der Waals surface area contributed by atoms with E-state index in [9.17, 15) is 0 Å². The van der Waals surface area contributed by atoms with Crippen molar-refractivity contribution in [1.82, 2.24) is 0 Å². The molecule has 0 heterocycles. The molecule has 110 valence electrons. The fourth-order valence-corrected chi connectivity index (χ4v) is 2.02. The third kappa shape index (κ3) is 5.52. The molecule has 1 aliphatic rings. The van der Waals surface area contributed by atoms with Gasteiger partial charge in [0.05, 0.1) is 5.71 Å². The summed E-state index contributed by atoms with van der Waals surface area (Å²) in [5.41, 5.74) is 3.86. The van der Waals surface area contributed by atoms with Crippen LogP contribution in [0.5, 0.6) is 0 Å². The average Bonchev–Trinajstić information content (AvgIpc) is 2.63. The summed E-state index contributed by atoms with van der Waals surface area (Å²) in [6, 6.07) is 8.09. The normalized spacial score (nSPS) is 15.0. The Bertz CT molecular complexity index is 444. The van der Waals surface area contributed by atoms with E-state index in [1.807, 2.05) is 32.0 Å². The van der Waals surface area contributed by atoms with Gasteiger partial charge in [0.2, 0.25) is 0 Å². The zero-order valence-corrected chi connectivity index (χ0v) is 13.3. The molecule has 1 aliphatic carbocycles. The van der Waals surface area contributed by atoms with Crippen molar-refractivity contribution in [2.45, 2.75) is 53.4 Å². The molecule has 2 heteroatoms. The van der Waals surface area contributed by atoms with E-state index in [1.165, 1.54) is 18.2 Å². The van der Waals surface area contributed by atoms with Crippen molar-refractivity contribution in [3.05, 3.63) is 47.0 Å². The van der Waals surface area contributed by atoms with Gasteiger partial charge in [-0.25, -0.2) is 0 Å². The van der Waals surface area contributed by atoms with Crippen LogP contribution in [0.25, 0.3) is 0 Å². The number of hydrogen-bond donors (Lipinski definition) is 2. The van der Waals surface area contributed by atoms with Crippen LogP contribution >= 0.6 is 0 Å². The number of allylic oxidation sites excluding steroid dienone is 2. The zero-order valence-electron chi connectivity index (χ0n) is 13.3. The highest BCUT2D eigenvalue weighted by molar-refractivity contribution is 6.13. The highest BCUT2D eigenvalue weighted by Gasteiger charge is 2.15. The highest BCUT2D eigenvalue weighted by Crippen LogP contribution is 2.23. The van der Waals surface area contributed by atoms with Gasteiger partial charge in [-0.2, -0.15) is 0 Å². The molecule has 0 unspecified atom stereocenters. The fraction of sp³-hybridized carbons (Fsp3) is 0.444. The van der Waals surface area contributed by atoms with E-state index >= 15 is 0 Å². The molecule has 2 N–H and O–H groups in total. The van der Waals surface area contributed by atoms with Crippen LogP contribution in [0.4, 0.5) is 0 Å². The van der Waals surface area contributed by atoms with Gasteiger partial charge in [-0.1, -0.05) is 58.4 Å². The Kier molecular flexibility index (Phi) is 10.2. The molecule has 0 saturated heterocycles. The van der Waals surface area contributed by atoms with Crippen LogP contribution in [0.2, 0.25) is 0 Å². The number of hydrogen-bond acceptors (Lipinski definition) is 2. The second-order valence-electron chi connectivity index (χ2n) is 4.45. The third-order valence-electron chi connectivity index (χ3n) is 2.78. The van der Waals surface area contributed by atoms with Gasteiger partial charge in [-0.15, -0.1) is 0 Å². The molecule has 20 heavy (non-hydrogen) atoms. The molecule has 0 atom stereocenters. The predicted octanol–water partition coefficient (Wildman–Crippen LogP) is 5.41. The molecule has 0 aromatic heterocycles. The first-order valence-electron chi connectivity index (χ1n) is 7.61. The van der Waals surface area contributed by atoms with E-state index < -0.39 is 0 Å². The molecule has 0 fully saturated rings. The molecule has 0 radical (unpaired) electrons. The fourth-order valence-electron chi connectivity index (χ4n) is 2.02. The van der Waals surface area contributed by atoms with Crippen molar-refractivity contribution < 1.29 is 0 Å². The van der Waals surface area contributed by atoms with Crippen LogP contribution in [0.1, 0.15) is 58.1 Å². The van der Waals surface area contributed by atoms with Crippen LogP contribution in [-0.4, -0.2) is 11.9 Å². The lowest BCUT2D eigenvalue weighted by molar-refractivity contribution is 0.840. The summed E-state index contributed by atoms with van der Waals surface area (Å²) in [5, 5.41) is 15.2. The van der Waals surface area contributed by atoms with E-state index in [1.54, 1.807) is 6.08 Å². The monoisotopic (exact) mass is 272 g/mol. The van der Waals surface area contributed by atoms with Gasteiger partial charge in [0, 0.05) is 11.8 Å². The second-order valence-corrected chi connectivity index (χ2v) is 4.45. The minimum absolute atomic E-state index is 0.589. The maximum atomic E-state index is 8.10. The molecule has 0 saturated carbocycles. The zero-order chi connectivity index (χ0) is 15.4. The van der Waals surface area contributed by atoms with Crippen LogP contribution < -0.4 is 0 Å². The van der Waals surface area contributed by atoms with E-state index in [0.29, 0.717) is 5.71 Å². The Labute approximate surface area is 123 Å². The summed E-state index contributed by atoms with van der Waals surface area (Å²) in [5.74, 6) is 0. The second kappa shape index (κ2) is 11.2. The average molecular weight is 272 g/mol. The first-order valence-corrected chi connectivity index (χ1v) is 7.61. The lowest BCUT2D eigenvalue weighted by atomic mass is 9.99. The van der Waals surface area contributed by atoms with Crippen molar-refractivity contribution in [3.63, 3.8) is 0 Å². The van der Waals surface area contributed by atoms with Gasteiger partial charge < -0.3 is 5.41 Å². The molecule has 2 nitrogen and oxygen atoms in total. The Balaban J connectivity index is 0.000000641. The Morgan fingerprint density at radius 2 is 1.70 bits per heavy atom. The first kappa shape index (κ1) is 18.3. The molecule has 1 aromatic carbocycles. The summed E-state index contributed by atoms with van der Waals surface area (Å²) in [4.78, 5) is 0. The number of rotatable bonds is 1. The number of nitrogens with one attached hydrogen (secondary N) is 2. The summed E-state index contributed by atoms with van der Waals surface area (Å²) < 4.78 is 0. The van der Waals surface area contributed by atoms with E-state index in [0.717, 1.165) is 30.4 Å². The molecule has 1 aromatic rings. The summed E-state index contributed by atoms with van der Waals surface area (Å²) in [7, 11) is 0. The van der Waals surface area contributed by atoms with Crippen molar-refractivity contribution in [2.75, 3.05) is 0 Å². The van der Waals surface area contributed by atoms with Gasteiger partial charge in [0.25, 0.3) is 0 Å². The number of benzene rings is 1. The maximum Gasteiger partial charge on any atom is 0.0647 e. The third-order valence-corrected chi connectivity index (χ3v) is 2.78. The van der Waals surface area contributed by atoms with Gasteiger partial charge in [-0.3, -0.25) is 5.41 Å². The Morgan fingerprint density at radius 1 is 1.10 bits per heavy atom. The molecular weight excluding hydrogens is 244 g/mol. The van der Waals surface area contributed by atoms with Crippen molar-refractivity contribution in [3.8, 4) is 0 Å². The van der Waals surface area contributed by atoms with Crippen molar-refractivity contribution in [2.24, 2.45) is 0 Å². The van der Waals surface area contributed by atoms with E-state index in [2.05, 4.69) is 19.9 Å². The van der Waals surface area contributed by atoms with E-state index in [4.69, 9.17) is 10.8 Å². The Morgan fingerprint density at radius 3 is 2.30 bits per heavy atom. The van der Waals surface area contributed by atoms with Gasteiger partial charge in [-0.05, 0) is 36.5 Å². The highest BCUT2D eigenvalue weighted by atomic mass is 14.4. The molecule has 0 aliphatic heterocycles. The van der Waals surface area contributed by atoms with Crippen molar-refractivity contribution in [1.29, 1.82) is 10.8 Å². The molecular formula is C18H28N2. The van der Waals surface area contributed by atoms with Crippen molar-refractivity contribution >= 4 is 11.9 Å². The minimum Gasteiger partial charge on any atom is -0.309 e. The van der Waals surface area contributed by atoms with Gasteiger partial charge in [0.1, 0.15) is 0 Å². The van der Waals surface area contributed by atoms with Crippen LogP contribution in [-0.2, 0) is 6.42 Å². The van der Waals surface area contributed by atoms with Crippen LogP contribution in [0.3, 0.4) is 0 Å². The molecule has 0 bridgehead atoms. The minimum atomic E-state index is 0.589. The molecule has 0 spiro atoms. The lowest BCUT2D eigenvalue weighted by Crippen LogP contribution is -2.03. The quantitative estimate of drug-likeness (QED) is 0.507. The Hall–Kier alpha value is -1.70. The van der Waals surface area contributed by atoms with Gasteiger partial charge >= 0.3 is 0 Å². The molecule has 2 rings (SSSR count). The first-order chi connectivity index (χ1) is 9.74. The largest absolute Gasteiger partial charge is 0.309 e. The van der Waals surface area contributed by atoms with Gasteiger partial charge in [0.15, 0.2) is 0 Å². The number of fused-ring (bicyclic) bond motifs is 1. The van der Waals surface area contributed by atoms with Crippen LogP contribution in [0, 0.1) is 10.8 Å². The standard InChI is InChI=1S/C13H14N2.C3H8.C2H6/c14-9-8-11-6-3-5-10-4-1-2-7-12(10)13(11)15;1-3-2;1-2/h1-2,4,7-9,14-15H,3,5-6H2;3H2,1-2H3;1-2H3/b11-8-,14-9?,15-13?;;. The summed E-state index contributed by atoms with van der Waals surface area (Å²) in [6.07, 6.45) is 7.28. The SMILES string of the molecule is CC.CCC.N=C/C=C1/CCCc2ccccc2C1=N. The number of aryl methyl sites for hydroxylation is 1. The topological polar surface area (TPSA) is 47.7 Å². The smallest absolute Gasteiger partial charge is 0.0647 e. The summed E-state index contributed by atoms with van der Waals surface area (Å²) >= 11 is 0. The van der Waals surface area contributed by atoms with E-state index in [-0.39, 0.29) is 0 Å². The molecule has 0 amide bonds. The summed E-state index contributed by atoms with van der Waals surface area (Å²) in [6.45, 7) is 8.25. The van der Waals surface area contributed by atoms with Crippen LogP contribution in [0.15, 0.2) is 35.9 Å².